The van der Waals surface area contributed by atoms with Crippen molar-refractivity contribution in [3.63, 3.8) is 0 Å². The first-order valence-electron chi connectivity index (χ1n) is 9.20. The zero-order chi connectivity index (χ0) is 24.9. The summed E-state index contributed by atoms with van der Waals surface area (Å²) in [5, 5.41) is 13.9. The van der Waals surface area contributed by atoms with E-state index in [0.717, 1.165) is 35.7 Å². The van der Waals surface area contributed by atoms with Crippen molar-refractivity contribution in [1.82, 2.24) is 4.31 Å². The van der Waals surface area contributed by atoms with Crippen LogP contribution in [0.15, 0.2) is 41.3 Å². The van der Waals surface area contributed by atoms with Crippen LogP contribution in [0.4, 0.5) is 20.2 Å². The maximum absolute atomic E-state index is 12.6. The molecule has 0 radical (unpaired) electrons. The number of rotatable bonds is 9. The maximum Gasteiger partial charge on any atom is 0.387 e. The molecule has 2 aromatic rings. The molecule has 33 heavy (non-hydrogen) atoms. The monoisotopic (exact) mass is 485 g/mol. The van der Waals surface area contributed by atoms with Gasteiger partial charge in [0.05, 0.1) is 28.6 Å². The van der Waals surface area contributed by atoms with Crippen LogP contribution in [0.2, 0.25) is 0 Å². The molecule has 0 unspecified atom stereocenters. The summed E-state index contributed by atoms with van der Waals surface area (Å²) in [6.45, 7) is -1.57. The van der Waals surface area contributed by atoms with Gasteiger partial charge >= 0.3 is 6.61 Å². The summed E-state index contributed by atoms with van der Waals surface area (Å²) in [4.78, 5) is 22.9. The highest BCUT2D eigenvalue weighted by Gasteiger charge is 2.21. The third kappa shape index (κ3) is 6.23. The third-order valence-electron chi connectivity index (χ3n) is 4.39. The number of ether oxygens (including phenoxy) is 2. The second-order valence-corrected chi connectivity index (χ2v) is 8.94. The number of carbonyl (C=O) groups is 1. The van der Waals surface area contributed by atoms with Crippen molar-refractivity contribution in [3.05, 3.63) is 57.6 Å². The van der Waals surface area contributed by atoms with Crippen molar-refractivity contribution in [2.24, 2.45) is 0 Å². The zero-order valence-corrected chi connectivity index (χ0v) is 18.9. The molecule has 2 aromatic carbocycles. The Bertz CT molecular complexity index is 1200. The number of nitrogens with zero attached hydrogens (tertiary/aromatic N) is 2. The summed E-state index contributed by atoms with van der Waals surface area (Å²) in [7, 11) is 0.171. The van der Waals surface area contributed by atoms with E-state index in [1.165, 1.54) is 32.3 Å². The van der Waals surface area contributed by atoms with Gasteiger partial charge in [-0.15, -0.1) is 0 Å². The lowest BCUT2D eigenvalue weighted by molar-refractivity contribution is -0.385. The summed E-state index contributed by atoms with van der Waals surface area (Å²) >= 11 is 0. The number of hydrogen-bond acceptors (Lipinski definition) is 7. The van der Waals surface area contributed by atoms with Crippen LogP contribution in [0.3, 0.4) is 0 Å². The van der Waals surface area contributed by atoms with Gasteiger partial charge in [0.1, 0.15) is 0 Å². The number of alkyl halides is 2. The molecule has 0 heterocycles. The number of benzene rings is 2. The zero-order valence-electron chi connectivity index (χ0n) is 18.0. The van der Waals surface area contributed by atoms with Gasteiger partial charge in [-0.25, -0.2) is 12.7 Å². The quantitative estimate of drug-likeness (QED) is 0.327. The van der Waals surface area contributed by atoms with Gasteiger partial charge in [0, 0.05) is 25.9 Å². The standard InChI is InChI=1S/C20H21F2N3O7S/c1-12-5-7-14(33(29,30)24(2)3)10-15(12)23-19(26)8-6-13-9-17(31-4)18(32-20(21)22)11-16(13)25(27)28/h5-11,20H,1-4H3,(H,23,26)/b8-6+. The van der Waals surface area contributed by atoms with E-state index < -0.39 is 38.9 Å². The van der Waals surface area contributed by atoms with Gasteiger partial charge < -0.3 is 14.8 Å². The predicted octanol–water partition coefficient (Wildman–Crippen LogP) is 3.42. The normalized spacial score (nSPS) is 11.8. The van der Waals surface area contributed by atoms with Gasteiger partial charge in [-0.1, -0.05) is 6.07 Å². The smallest absolute Gasteiger partial charge is 0.387 e. The summed E-state index contributed by atoms with van der Waals surface area (Å²) < 4.78 is 59.9. The Kier molecular flexibility index (Phi) is 8.06. The van der Waals surface area contributed by atoms with E-state index >= 15 is 0 Å². The van der Waals surface area contributed by atoms with Crippen LogP contribution < -0.4 is 14.8 Å². The Morgan fingerprint density at radius 2 is 1.88 bits per heavy atom. The Labute approximate surface area is 188 Å². The van der Waals surface area contributed by atoms with Crippen molar-refractivity contribution >= 4 is 33.4 Å². The van der Waals surface area contributed by atoms with E-state index in [4.69, 9.17) is 4.74 Å². The molecule has 10 nitrogen and oxygen atoms in total. The minimum absolute atomic E-state index is 0.0348. The highest BCUT2D eigenvalue weighted by atomic mass is 32.2. The molecule has 0 aliphatic heterocycles. The first-order valence-corrected chi connectivity index (χ1v) is 10.6. The molecule has 0 saturated heterocycles. The maximum atomic E-state index is 12.6. The SMILES string of the molecule is COc1cc(/C=C/C(=O)Nc2cc(S(=O)(=O)N(C)C)ccc2C)c([N+](=O)[O-])cc1OC(F)F. The minimum Gasteiger partial charge on any atom is -0.493 e. The highest BCUT2D eigenvalue weighted by Crippen LogP contribution is 2.36. The molecule has 0 fully saturated rings. The van der Waals surface area contributed by atoms with Crippen LogP contribution in [0, 0.1) is 17.0 Å². The van der Waals surface area contributed by atoms with Crippen molar-refractivity contribution in [2.45, 2.75) is 18.4 Å². The van der Waals surface area contributed by atoms with Gasteiger partial charge in [-0.3, -0.25) is 14.9 Å². The largest absolute Gasteiger partial charge is 0.493 e. The lowest BCUT2D eigenvalue weighted by Crippen LogP contribution is -2.22. The molecule has 13 heteroatoms. The van der Waals surface area contributed by atoms with Crippen LogP contribution >= 0.6 is 0 Å². The number of methoxy groups -OCH3 is 1. The molecule has 0 aromatic heterocycles. The molecular formula is C20H21F2N3O7S. The molecule has 0 aliphatic rings. The van der Waals surface area contributed by atoms with Crippen LogP contribution in [-0.4, -0.2) is 51.4 Å². The molecule has 1 N–H and O–H groups in total. The van der Waals surface area contributed by atoms with Gasteiger partial charge in [-0.2, -0.15) is 8.78 Å². The van der Waals surface area contributed by atoms with E-state index in [2.05, 4.69) is 10.1 Å². The van der Waals surface area contributed by atoms with Crippen molar-refractivity contribution in [2.75, 3.05) is 26.5 Å². The second-order valence-electron chi connectivity index (χ2n) is 6.78. The fraction of sp³-hybridized carbons (Fsp3) is 0.250. The predicted molar refractivity (Wildman–Crippen MR) is 116 cm³/mol. The lowest BCUT2D eigenvalue weighted by atomic mass is 10.1. The molecule has 2 rings (SSSR count). The molecule has 0 saturated carbocycles. The second kappa shape index (κ2) is 10.4. The third-order valence-corrected chi connectivity index (χ3v) is 6.20. The Balaban J connectivity index is 2.35. The van der Waals surface area contributed by atoms with Gasteiger partial charge in [0.25, 0.3) is 5.69 Å². The van der Waals surface area contributed by atoms with Crippen LogP contribution in [-0.2, 0) is 14.8 Å². The molecule has 0 spiro atoms. The highest BCUT2D eigenvalue weighted by molar-refractivity contribution is 7.89. The van der Waals surface area contributed by atoms with E-state index in [0.29, 0.717) is 5.56 Å². The summed E-state index contributed by atoms with van der Waals surface area (Å²) in [6, 6.07) is 6.05. The van der Waals surface area contributed by atoms with Gasteiger partial charge in [0.2, 0.25) is 15.9 Å². The number of halogens is 2. The first kappa shape index (κ1) is 25.7. The van der Waals surface area contributed by atoms with Crippen LogP contribution in [0.5, 0.6) is 11.5 Å². The fourth-order valence-electron chi connectivity index (χ4n) is 2.65. The molecular weight excluding hydrogens is 464 g/mol. The van der Waals surface area contributed by atoms with Gasteiger partial charge in [0.15, 0.2) is 11.5 Å². The number of nitro groups is 1. The van der Waals surface area contributed by atoms with Crippen molar-refractivity contribution in [1.29, 1.82) is 0 Å². The van der Waals surface area contributed by atoms with Crippen LogP contribution in [0.1, 0.15) is 11.1 Å². The Hall–Kier alpha value is -3.58. The summed E-state index contributed by atoms with van der Waals surface area (Å²) in [5.74, 6) is -1.44. The van der Waals surface area contributed by atoms with Crippen molar-refractivity contribution in [3.8, 4) is 11.5 Å². The number of nitrogens with one attached hydrogen (secondary N) is 1. The Morgan fingerprint density at radius 3 is 2.42 bits per heavy atom. The molecule has 0 aliphatic carbocycles. The first-order chi connectivity index (χ1) is 15.4. The number of sulfonamides is 1. The summed E-state index contributed by atoms with van der Waals surface area (Å²) in [6.07, 6.45) is 2.07. The number of aryl methyl sites for hydroxylation is 1. The fourth-order valence-corrected chi connectivity index (χ4v) is 3.58. The average molecular weight is 485 g/mol. The lowest BCUT2D eigenvalue weighted by Gasteiger charge is -2.14. The average Bonchev–Trinajstić information content (AvgIpc) is 2.73. The van der Waals surface area contributed by atoms with Gasteiger partial charge in [-0.05, 0) is 36.8 Å². The number of anilines is 1. The molecule has 0 atom stereocenters. The van der Waals surface area contributed by atoms with E-state index in [1.807, 2.05) is 0 Å². The van der Waals surface area contributed by atoms with Crippen molar-refractivity contribution < 1.29 is 36.4 Å². The molecule has 1 amide bonds. The number of amides is 1. The Morgan fingerprint density at radius 1 is 1.21 bits per heavy atom. The number of hydrogen-bond donors (Lipinski definition) is 1. The number of carbonyl (C=O) groups excluding carboxylic acids is 1. The van der Waals surface area contributed by atoms with E-state index in [1.54, 1.807) is 6.92 Å². The number of nitro benzene ring substituents is 1. The van der Waals surface area contributed by atoms with E-state index in [-0.39, 0.29) is 21.9 Å². The molecule has 178 valence electrons. The topological polar surface area (TPSA) is 128 Å². The van der Waals surface area contributed by atoms with E-state index in [9.17, 15) is 32.1 Å². The molecule has 0 bridgehead atoms. The van der Waals surface area contributed by atoms with Crippen LogP contribution in [0.25, 0.3) is 6.08 Å². The minimum atomic E-state index is -3.73. The summed E-state index contributed by atoms with van der Waals surface area (Å²) in [5.41, 5.74) is 0.107.